The number of aryl methyl sites for hydroxylation is 1. The van der Waals surface area contributed by atoms with Gasteiger partial charge < -0.3 is 5.73 Å². The van der Waals surface area contributed by atoms with Crippen LogP contribution in [0.4, 0.5) is 0 Å². The highest BCUT2D eigenvalue weighted by Gasteiger charge is 2.13. The van der Waals surface area contributed by atoms with Crippen molar-refractivity contribution < 1.29 is 0 Å². The van der Waals surface area contributed by atoms with E-state index in [1.807, 2.05) is 37.5 Å². The third-order valence-corrected chi connectivity index (χ3v) is 2.48. The molecule has 2 N–H and O–H groups in total. The van der Waals surface area contributed by atoms with Crippen LogP contribution in [0.5, 0.6) is 0 Å². The van der Waals surface area contributed by atoms with Gasteiger partial charge in [-0.25, -0.2) is 9.97 Å². The van der Waals surface area contributed by atoms with E-state index in [4.69, 9.17) is 5.73 Å². The number of hydrogen-bond acceptors (Lipinski definition) is 4. The minimum atomic E-state index is 0.0711. The van der Waals surface area contributed by atoms with Gasteiger partial charge in [0.15, 0.2) is 0 Å². The Morgan fingerprint density at radius 3 is 2.50 bits per heavy atom. The summed E-state index contributed by atoms with van der Waals surface area (Å²) in [5, 5.41) is 0. The molecule has 82 valence electrons. The summed E-state index contributed by atoms with van der Waals surface area (Å²) in [5.74, 6) is 0.836. The Kier molecular flexibility index (Phi) is 3.22. The van der Waals surface area contributed by atoms with Gasteiger partial charge in [0.1, 0.15) is 5.82 Å². The summed E-state index contributed by atoms with van der Waals surface area (Å²) < 4.78 is 0. The Hall–Kier alpha value is -1.81. The maximum atomic E-state index is 5.78. The van der Waals surface area contributed by atoms with Crippen LogP contribution in [0.3, 0.4) is 0 Å². The lowest BCUT2D eigenvalue weighted by Crippen LogP contribution is -2.15. The van der Waals surface area contributed by atoms with Crippen LogP contribution in [0.2, 0.25) is 0 Å². The number of pyridine rings is 1. The molecule has 4 heteroatoms. The highest BCUT2D eigenvalue weighted by atomic mass is 14.9. The largest absolute Gasteiger partial charge is 0.329 e. The summed E-state index contributed by atoms with van der Waals surface area (Å²) in [5.41, 5.74) is 7.74. The molecule has 2 heterocycles. The number of nitrogens with zero attached hydrogens (tertiary/aromatic N) is 3. The quantitative estimate of drug-likeness (QED) is 0.835. The second kappa shape index (κ2) is 4.81. The highest BCUT2D eigenvalue weighted by Crippen LogP contribution is 2.19. The van der Waals surface area contributed by atoms with E-state index in [2.05, 4.69) is 15.0 Å². The van der Waals surface area contributed by atoms with E-state index in [0.717, 1.165) is 17.1 Å². The average molecular weight is 214 g/mol. The van der Waals surface area contributed by atoms with Crippen LogP contribution < -0.4 is 5.73 Å². The van der Waals surface area contributed by atoms with Crippen molar-refractivity contribution in [3.05, 3.63) is 53.9 Å². The molecule has 0 aliphatic heterocycles. The second-order valence-corrected chi connectivity index (χ2v) is 3.61. The SMILES string of the molecule is Cc1ncc(C(CN)c2ccccn2)cn1. The molecule has 0 radical (unpaired) electrons. The molecule has 0 amide bonds. The molecule has 1 unspecified atom stereocenters. The van der Waals surface area contributed by atoms with E-state index in [1.165, 1.54) is 0 Å². The molecule has 0 saturated heterocycles. The van der Waals surface area contributed by atoms with Crippen molar-refractivity contribution in [3.63, 3.8) is 0 Å². The lowest BCUT2D eigenvalue weighted by molar-refractivity contribution is 0.772. The molecular weight excluding hydrogens is 200 g/mol. The van der Waals surface area contributed by atoms with Crippen LogP contribution >= 0.6 is 0 Å². The molecule has 16 heavy (non-hydrogen) atoms. The van der Waals surface area contributed by atoms with Gasteiger partial charge in [-0.3, -0.25) is 4.98 Å². The molecule has 0 aliphatic rings. The summed E-state index contributed by atoms with van der Waals surface area (Å²) in [4.78, 5) is 12.7. The van der Waals surface area contributed by atoms with Crippen LogP contribution in [0.25, 0.3) is 0 Å². The van der Waals surface area contributed by atoms with Crippen LogP contribution in [0.1, 0.15) is 23.0 Å². The Labute approximate surface area is 94.6 Å². The zero-order valence-corrected chi connectivity index (χ0v) is 9.17. The molecular formula is C12H14N4. The number of hydrogen-bond donors (Lipinski definition) is 1. The molecule has 0 aromatic carbocycles. The molecule has 0 aliphatic carbocycles. The minimum absolute atomic E-state index is 0.0711. The van der Waals surface area contributed by atoms with Crippen molar-refractivity contribution in [2.24, 2.45) is 5.73 Å². The summed E-state index contributed by atoms with van der Waals surface area (Å²) >= 11 is 0. The fourth-order valence-corrected chi connectivity index (χ4v) is 1.59. The first-order valence-electron chi connectivity index (χ1n) is 5.21. The summed E-state index contributed by atoms with van der Waals surface area (Å²) in [7, 11) is 0. The zero-order chi connectivity index (χ0) is 11.4. The van der Waals surface area contributed by atoms with Crippen LogP contribution in [0.15, 0.2) is 36.8 Å². The van der Waals surface area contributed by atoms with Crippen LogP contribution in [0, 0.1) is 6.92 Å². The number of aromatic nitrogens is 3. The molecule has 1 atom stereocenters. The molecule has 2 aromatic rings. The van der Waals surface area contributed by atoms with E-state index < -0.39 is 0 Å². The standard InChI is InChI=1S/C12H14N4/c1-9-15-7-10(8-16-9)11(6-13)12-4-2-3-5-14-12/h2-5,7-8,11H,6,13H2,1H3. The van der Waals surface area contributed by atoms with Crippen molar-refractivity contribution in [2.75, 3.05) is 6.54 Å². The van der Waals surface area contributed by atoms with Crippen molar-refractivity contribution in [1.82, 2.24) is 15.0 Å². The Morgan fingerprint density at radius 1 is 1.19 bits per heavy atom. The molecule has 2 aromatic heterocycles. The summed E-state index contributed by atoms with van der Waals surface area (Å²) in [6, 6.07) is 5.82. The third kappa shape index (κ3) is 2.23. The normalized spacial score (nSPS) is 12.4. The highest BCUT2D eigenvalue weighted by molar-refractivity contribution is 5.24. The zero-order valence-electron chi connectivity index (χ0n) is 9.17. The van der Waals surface area contributed by atoms with Gasteiger partial charge in [0, 0.05) is 36.7 Å². The van der Waals surface area contributed by atoms with Gasteiger partial charge in [-0.05, 0) is 24.6 Å². The third-order valence-electron chi connectivity index (χ3n) is 2.48. The van der Waals surface area contributed by atoms with E-state index >= 15 is 0 Å². The van der Waals surface area contributed by atoms with Crippen molar-refractivity contribution >= 4 is 0 Å². The van der Waals surface area contributed by atoms with Gasteiger partial charge in [0.05, 0.1) is 0 Å². The van der Waals surface area contributed by atoms with Crippen molar-refractivity contribution in [2.45, 2.75) is 12.8 Å². The predicted molar refractivity (Wildman–Crippen MR) is 61.9 cm³/mol. The summed E-state index contributed by atoms with van der Waals surface area (Å²) in [6.07, 6.45) is 5.40. The van der Waals surface area contributed by atoms with E-state index in [0.29, 0.717) is 6.54 Å². The number of rotatable bonds is 3. The maximum Gasteiger partial charge on any atom is 0.125 e. The van der Waals surface area contributed by atoms with Gasteiger partial charge in [-0.15, -0.1) is 0 Å². The fraction of sp³-hybridized carbons (Fsp3) is 0.250. The first-order chi connectivity index (χ1) is 7.81. The molecule has 4 nitrogen and oxygen atoms in total. The van der Waals surface area contributed by atoms with Crippen molar-refractivity contribution in [3.8, 4) is 0 Å². The maximum absolute atomic E-state index is 5.78. The van der Waals surface area contributed by atoms with Gasteiger partial charge in [0.2, 0.25) is 0 Å². The lowest BCUT2D eigenvalue weighted by atomic mass is 9.98. The molecule has 0 spiro atoms. The Balaban J connectivity index is 2.33. The number of nitrogens with two attached hydrogens (primary N) is 1. The van der Waals surface area contributed by atoms with Crippen molar-refractivity contribution in [1.29, 1.82) is 0 Å². The van der Waals surface area contributed by atoms with Crippen LogP contribution in [-0.4, -0.2) is 21.5 Å². The molecule has 0 bridgehead atoms. The second-order valence-electron chi connectivity index (χ2n) is 3.61. The molecule has 0 saturated carbocycles. The summed E-state index contributed by atoms with van der Waals surface area (Å²) in [6.45, 7) is 2.37. The average Bonchev–Trinajstić information content (AvgIpc) is 2.34. The van der Waals surface area contributed by atoms with Gasteiger partial charge >= 0.3 is 0 Å². The van der Waals surface area contributed by atoms with Gasteiger partial charge in [0.25, 0.3) is 0 Å². The van der Waals surface area contributed by atoms with Crippen LogP contribution in [-0.2, 0) is 0 Å². The van der Waals surface area contributed by atoms with E-state index in [-0.39, 0.29) is 5.92 Å². The first-order valence-corrected chi connectivity index (χ1v) is 5.21. The van der Waals surface area contributed by atoms with Gasteiger partial charge in [-0.1, -0.05) is 6.07 Å². The fourth-order valence-electron chi connectivity index (χ4n) is 1.59. The van der Waals surface area contributed by atoms with Gasteiger partial charge in [-0.2, -0.15) is 0 Å². The Morgan fingerprint density at radius 2 is 1.94 bits per heavy atom. The topological polar surface area (TPSA) is 64.7 Å². The monoisotopic (exact) mass is 214 g/mol. The lowest BCUT2D eigenvalue weighted by Gasteiger charge is -2.13. The smallest absolute Gasteiger partial charge is 0.125 e. The predicted octanol–water partition coefficient (Wildman–Crippen LogP) is 1.27. The Bertz CT molecular complexity index is 438. The minimum Gasteiger partial charge on any atom is -0.329 e. The van der Waals surface area contributed by atoms with E-state index in [1.54, 1.807) is 6.20 Å². The first kappa shape index (κ1) is 10.7. The van der Waals surface area contributed by atoms with E-state index in [9.17, 15) is 0 Å². The molecule has 2 rings (SSSR count). The molecule has 0 fully saturated rings.